The van der Waals surface area contributed by atoms with Gasteiger partial charge >= 0.3 is 0 Å². The van der Waals surface area contributed by atoms with E-state index in [4.69, 9.17) is 4.98 Å². The molecular formula is C20H20N2O2S2. The zero-order valence-electron chi connectivity index (χ0n) is 15.0. The Bertz CT molecular complexity index is 951. The molecule has 1 aromatic heterocycles. The number of anilines is 1. The minimum Gasteiger partial charge on any atom is -0.288 e. The van der Waals surface area contributed by atoms with Gasteiger partial charge in [0.1, 0.15) is 0 Å². The Kier molecular flexibility index (Phi) is 5.74. The highest BCUT2D eigenvalue weighted by atomic mass is 32.2. The summed E-state index contributed by atoms with van der Waals surface area (Å²) in [7, 11) is 0. The summed E-state index contributed by atoms with van der Waals surface area (Å²) < 4.78 is 1.07. The molecule has 0 fully saturated rings. The summed E-state index contributed by atoms with van der Waals surface area (Å²) in [4.78, 5) is 30.5. The predicted molar refractivity (Wildman–Crippen MR) is 110 cm³/mol. The molecule has 3 rings (SSSR count). The largest absolute Gasteiger partial charge is 0.288 e. The second-order valence-electron chi connectivity index (χ2n) is 6.17. The number of hydrogen-bond donors (Lipinski definition) is 0. The van der Waals surface area contributed by atoms with Gasteiger partial charge in [-0.15, -0.1) is 0 Å². The van der Waals surface area contributed by atoms with Gasteiger partial charge in [-0.2, -0.15) is 0 Å². The number of hydrogen-bond acceptors (Lipinski definition) is 5. The van der Waals surface area contributed by atoms with E-state index >= 15 is 0 Å². The van der Waals surface area contributed by atoms with E-state index in [0.29, 0.717) is 11.7 Å². The first-order chi connectivity index (χ1) is 12.4. The van der Waals surface area contributed by atoms with Crippen LogP contribution < -0.4 is 4.90 Å². The molecule has 0 aliphatic carbocycles. The van der Waals surface area contributed by atoms with Gasteiger partial charge in [-0.1, -0.05) is 59.5 Å². The topological polar surface area (TPSA) is 50.3 Å². The van der Waals surface area contributed by atoms with Gasteiger partial charge in [-0.25, -0.2) is 4.98 Å². The third-order valence-electron chi connectivity index (χ3n) is 3.93. The van der Waals surface area contributed by atoms with Crippen molar-refractivity contribution in [2.75, 3.05) is 10.7 Å². The van der Waals surface area contributed by atoms with Gasteiger partial charge in [0.2, 0.25) is 5.91 Å². The zero-order chi connectivity index (χ0) is 18.7. The minimum absolute atomic E-state index is 0.0613. The molecule has 0 aliphatic heterocycles. The van der Waals surface area contributed by atoms with Gasteiger partial charge in [0.05, 0.1) is 22.5 Å². The van der Waals surface area contributed by atoms with Crippen molar-refractivity contribution in [2.24, 2.45) is 0 Å². The maximum Gasteiger partial charge on any atom is 0.239 e. The molecule has 0 atom stereocenters. The molecule has 0 saturated heterocycles. The van der Waals surface area contributed by atoms with Gasteiger partial charge in [0.15, 0.2) is 10.2 Å². The van der Waals surface area contributed by atoms with E-state index in [1.807, 2.05) is 37.3 Å². The summed E-state index contributed by atoms with van der Waals surface area (Å²) in [6.07, 6.45) is 0. The van der Waals surface area contributed by atoms with Crippen LogP contribution in [0.3, 0.4) is 0 Å². The lowest BCUT2D eigenvalue weighted by atomic mass is 10.1. The van der Waals surface area contributed by atoms with Crippen LogP contribution in [0.4, 0.5) is 5.13 Å². The first kappa shape index (κ1) is 18.6. The van der Waals surface area contributed by atoms with Crippen LogP contribution in [0, 0.1) is 13.8 Å². The number of aryl methyl sites for hydroxylation is 2. The quantitative estimate of drug-likeness (QED) is 0.638. The molecule has 2 aromatic carbocycles. The molecule has 0 saturated carbocycles. The molecule has 0 radical (unpaired) electrons. The summed E-state index contributed by atoms with van der Waals surface area (Å²) >= 11 is 2.55. The third kappa shape index (κ3) is 4.31. The molecule has 0 unspecified atom stereocenters. The van der Waals surface area contributed by atoms with Crippen LogP contribution in [0.25, 0.3) is 10.2 Å². The Morgan fingerprint density at radius 2 is 1.88 bits per heavy atom. The summed E-state index contributed by atoms with van der Waals surface area (Å²) in [6, 6.07) is 14.0. The molecule has 0 spiro atoms. The molecule has 26 heavy (non-hydrogen) atoms. The van der Waals surface area contributed by atoms with Crippen LogP contribution in [0.2, 0.25) is 0 Å². The molecule has 0 bridgehead atoms. The maximum absolute atomic E-state index is 12.8. The summed E-state index contributed by atoms with van der Waals surface area (Å²) in [5, 5.41) is 0.612. The van der Waals surface area contributed by atoms with Gasteiger partial charge in [-0.3, -0.25) is 14.5 Å². The Labute approximate surface area is 161 Å². The van der Waals surface area contributed by atoms with Gasteiger partial charge in [0, 0.05) is 6.92 Å². The van der Waals surface area contributed by atoms with E-state index in [9.17, 15) is 9.59 Å². The van der Waals surface area contributed by atoms with Crippen LogP contribution in [-0.4, -0.2) is 21.8 Å². The number of benzene rings is 2. The third-order valence-corrected chi connectivity index (χ3v) is 5.76. The Morgan fingerprint density at radius 3 is 2.58 bits per heavy atom. The van der Waals surface area contributed by atoms with Crippen molar-refractivity contribution in [1.29, 1.82) is 0 Å². The fourth-order valence-corrected chi connectivity index (χ4v) is 4.38. The lowest BCUT2D eigenvalue weighted by molar-refractivity contribution is -0.116. The van der Waals surface area contributed by atoms with E-state index < -0.39 is 0 Å². The molecule has 0 aliphatic rings. The monoisotopic (exact) mass is 384 g/mol. The molecule has 134 valence electrons. The molecule has 4 nitrogen and oxygen atoms in total. The van der Waals surface area contributed by atoms with E-state index in [1.165, 1.54) is 23.8 Å². The first-order valence-corrected chi connectivity index (χ1v) is 10.1. The van der Waals surface area contributed by atoms with E-state index in [-0.39, 0.29) is 16.8 Å². The molecule has 3 aromatic rings. The summed E-state index contributed by atoms with van der Waals surface area (Å²) in [6.45, 7) is 6.01. The van der Waals surface area contributed by atoms with Gasteiger partial charge in [0.25, 0.3) is 0 Å². The molecule has 1 amide bonds. The average molecular weight is 385 g/mol. The second-order valence-corrected chi connectivity index (χ2v) is 8.33. The number of carbonyl (C=O) groups excluding carboxylic acids is 2. The number of thioether (sulfide) groups is 1. The molecule has 1 heterocycles. The van der Waals surface area contributed by atoms with Crippen molar-refractivity contribution in [1.82, 2.24) is 4.98 Å². The fourth-order valence-electron chi connectivity index (χ4n) is 2.74. The van der Waals surface area contributed by atoms with Crippen molar-refractivity contribution in [3.05, 3.63) is 59.2 Å². The average Bonchev–Trinajstić information content (AvgIpc) is 3.02. The predicted octanol–water partition coefficient (Wildman–Crippen LogP) is 4.73. The van der Waals surface area contributed by atoms with E-state index in [2.05, 4.69) is 19.1 Å². The Morgan fingerprint density at radius 1 is 1.15 bits per heavy atom. The van der Waals surface area contributed by atoms with Crippen LogP contribution in [0.1, 0.15) is 23.6 Å². The van der Waals surface area contributed by atoms with E-state index in [0.717, 1.165) is 33.1 Å². The van der Waals surface area contributed by atoms with Crippen LogP contribution in [0.15, 0.2) is 42.5 Å². The van der Waals surface area contributed by atoms with Crippen LogP contribution >= 0.6 is 23.1 Å². The minimum atomic E-state index is -0.109. The molecular weight excluding hydrogens is 364 g/mol. The normalized spacial score (nSPS) is 10.9. The number of thiazole rings is 1. The van der Waals surface area contributed by atoms with Crippen molar-refractivity contribution < 1.29 is 9.59 Å². The van der Waals surface area contributed by atoms with Crippen LogP contribution in [0.5, 0.6) is 0 Å². The number of rotatable bonds is 5. The lowest BCUT2D eigenvalue weighted by Gasteiger charge is -2.19. The number of nitrogens with zero attached hydrogens (tertiary/aromatic N) is 2. The Hall–Kier alpha value is -2.18. The molecule has 6 heteroatoms. The summed E-state index contributed by atoms with van der Waals surface area (Å²) in [5.41, 5.74) is 4.24. The van der Waals surface area contributed by atoms with E-state index in [1.54, 1.807) is 4.90 Å². The van der Waals surface area contributed by atoms with Crippen molar-refractivity contribution in [3.8, 4) is 0 Å². The first-order valence-electron chi connectivity index (χ1n) is 8.29. The SMILES string of the molecule is CC(=O)SCC(=O)N(Cc1ccccc1)c1nc2c(C)cc(C)cc2s1. The van der Waals surface area contributed by atoms with Gasteiger partial charge in [-0.05, 0) is 36.6 Å². The Balaban J connectivity index is 1.97. The highest BCUT2D eigenvalue weighted by Gasteiger charge is 2.21. The zero-order valence-corrected chi connectivity index (χ0v) is 16.6. The maximum atomic E-state index is 12.8. The number of aromatic nitrogens is 1. The lowest BCUT2D eigenvalue weighted by Crippen LogP contribution is -2.32. The van der Waals surface area contributed by atoms with Gasteiger partial charge < -0.3 is 0 Å². The standard InChI is InChI=1S/C20H20N2O2S2/c1-13-9-14(2)19-17(10-13)26-20(21-19)22(18(24)12-25-15(3)23)11-16-7-5-4-6-8-16/h4-10H,11-12H2,1-3H3. The summed E-state index contributed by atoms with van der Waals surface area (Å²) in [5.74, 6) is 0.0123. The number of amides is 1. The second kappa shape index (κ2) is 8.01. The van der Waals surface area contributed by atoms with Crippen LogP contribution in [-0.2, 0) is 16.1 Å². The van der Waals surface area contributed by atoms with Crippen molar-refractivity contribution in [3.63, 3.8) is 0 Å². The smallest absolute Gasteiger partial charge is 0.239 e. The highest BCUT2D eigenvalue weighted by molar-refractivity contribution is 8.14. The number of fused-ring (bicyclic) bond motifs is 1. The highest BCUT2D eigenvalue weighted by Crippen LogP contribution is 2.32. The van der Waals surface area contributed by atoms with Crippen molar-refractivity contribution in [2.45, 2.75) is 27.3 Å². The molecule has 0 N–H and O–H groups in total. The number of carbonyl (C=O) groups is 2. The van der Waals surface area contributed by atoms with Crippen molar-refractivity contribution >= 4 is 49.5 Å². The fraction of sp³-hybridized carbons (Fsp3) is 0.250.